The summed E-state index contributed by atoms with van der Waals surface area (Å²) in [6.45, 7) is 6.78. The van der Waals surface area contributed by atoms with Crippen LogP contribution in [0, 0.1) is 18.7 Å². The molecule has 1 N–H and O–H groups in total. The third-order valence-corrected chi connectivity index (χ3v) is 6.42. The fourth-order valence-corrected chi connectivity index (χ4v) is 4.47. The summed E-state index contributed by atoms with van der Waals surface area (Å²) in [6.07, 6.45) is 1.57. The minimum Gasteiger partial charge on any atom is -0.368 e. The number of amides is 2. The second-order valence-corrected chi connectivity index (χ2v) is 8.75. The van der Waals surface area contributed by atoms with Gasteiger partial charge in [-0.05, 0) is 69.3 Å². The number of halogens is 1. The normalized spacial score (nSPS) is 17.9. The number of piperidine rings is 1. The standard InChI is InChI=1S/C25H31FN4O2/c1-19-2-6-22(7-3-19)27-24(31)18-28-12-10-20(11-13-28)25(32)30-16-14-29(15-17-30)23-8-4-21(26)5-9-23/h2-9,20H,10-18H2,1H3,(H,27,31). The van der Waals surface area contributed by atoms with Crippen molar-refractivity contribution < 1.29 is 14.0 Å². The molecule has 0 unspecified atom stereocenters. The van der Waals surface area contributed by atoms with Crippen LogP contribution in [0.3, 0.4) is 0 Å². The minimum absolute atomic E-state index is 0.0180. The summed E-state index contributed by atoms with van der Waals surface area (Å²) in [7, 11) is 0. The molecule has 2 aliphatic rings. The smallest absolute Gasteiger partial charge is 0.238 e. The van der Waals surface area contributed by atoms with E-state index in [2.05, 4.69) is 15.1 Å². The van der Waals surface area contributed by atoms with Crippen molar-refractivity contribution >= 4 is 23.2 Å². The SMILES string of the molecule is Cc1ccc(NC(=O)CN2CCC(C(=O)N3CCN(c4ccc(F)cc4)CC3)CC2)cc1. The monoisotopic (exact) mass is 438 g/mol. The van der Waals surface area contributed by atoms with E-state index in [1.165, 1.54) is 12.1 Å². The van der Waals surface area contributed by atoms with E-state index in [0.29, 0.717) is 19.6 Å². The van der Waals surface area contributed by atoms with Gasteiger partial charge in [-0.1, -0.05) is 17.7 Å². The number of anilines is 2. The summed E-state index contributed by atoms with van der Waals surface area (Å²) in [4.78, 5) is 31.6. The van der Waals surface area contributed by atoms with Crippen LogP contribution in [0.1, 0.15) is 18.4 Å². The van der Waals surface area contributed by atoms with E-state index in [1.54, 1.807) is 12.1 Å². The van der Waals surface area contributed by atoms with Crippen LogP contribution in [0.15, 0.2) is 48.5 Å². The maximum absolute atomic E-state index is 13.1. The molecule has 0 radical (unpaired) electrons. The highest BCUT2D eigenvalue weighted by molar-refractivity contribution is 5.92. The van der Waals surface area contributed by atoms with Crippen LogP contribution in [0.4, 0.5) is 15.8 Å². The van der Waals surface area contributed by atoms with Crippen LogP contribution in [0.2, 0.25) is 0 Å². The molecule has 170 valence electrons. The summed E-state index contributed by atoms with van der Waals surface area (Å²) >= 11 is 0. The summed E-state index contributed by atoms with van der Waals surface area (Å²) in [5.74, 6) is 0.00775. The lowest BCUT2D eigenvalue weighted by Gasteiger charge is -2.39. The first kappa shape index (κ1) is 22.3. The van der Waals surface area contributed by atoms with Gasteiger partial charge in [-0.3, -0.25) is 14.5 Å². The minimum atomic E-state index is -0.235. The number of nitrogens with zero attached hydrogens (tertiary/aromatic N) is 3. The Labute approximate surface area is 189 Å². The first-order chi connectivity index (χ1) is 15.5. The Kier molecular flexibility index (Phi) is 7.05. The first-order valence-corrected chi connectivity index (χ1v) is 11.4. The van der Waals surface area contributed by atoms with Gasteiger partial charge in [-0.2, -0.15) is 0 Å². The van der Waals surface area contributed by atoms with E-state index in [4.69, 9.17) is 0 Å². The van der Waals surface area contributed by atoms with Gasteiger partial charge >= 0.3 is 0 Å². The second kappa shape index (κ2) is 10.1. The van der Waals surface area contributed by atoms with E-state index < -0.39 is 0 Å². The van der Waals surface area contributed by atoms with Crippen molar-refractivity contribution in [3.05, 3.63) is 59.9 Å². The number of benzene rings is 2. The van der Waals surface area contributed by atoms with Crippen molar-refractivity contribution in [2.45, 2.75) is 19.8 Å². The van der Waals surface area contributed by atoms with Crippen LogP contribution in [0.5, 0.6) is 0 Å². The predicted octanol–water partition coefficient (Wildman–Crippen LogP) is 3.13. The molecular weight excluding hydrogens is 407 g/mol. The lowest BCUT2D eigenvalue weighted by atomic mass is 9.95. The highest BCUT2D eigenvalue weighted by Gasteiger charge is 2.31. The lowest BCUT2D eigenvalue weighted by molar-refractivity contribution is -0.137. The van der Waals surface area contributed by atoms with E-state index in [0.717, 1.165) is 56.0 Å². The molecule has 0 aromatic heterocycles. The van der Waals surface area contributed by atoms with Crippen molar-refractivity contribution in [1.82, 2.24) is 9.80 Å². The van der Waals surface area contributed by atoms with Gasteiger partial charge in [0.25, 0.3) is 0 Å². The average molecular weight is 439 g/mol. The molecule has 2 aromatic carbocycles. The topological polar surface area (TPSA) is 55.9 Å². The van der Waals surface area contributed by atoms with Gasteiger partial charge in [-0.15, -0.1) is 0 Å². The average Bonchev–Trinajstić information content (AvgIpc) is 2.81. The lowest BCUT2D eigenvalue weighted by Crippen LogP contribution is -2.52. The fraction of sp³-hybridized carbons (Fsp3) is 0.440. The molecule has 0 aliphatic carbocycles. The van der Waals surface area contributed by atoms with Crippen molar-refractivity contribution in [2.24, 2.45) is 5.92 Å². The van der Waals surface area contributed by atoms with Crippen molar-refractivity contribution in [2.75, 3.05) is 56.0 Å². The van der Waals surface area contributed by atoms with Crippen LogP contribution in [-0.4, -0.2) is 67.4 Å². The number of likely N-dealkylation sites (tertiary alicyclic amines) is 1. The third kappa shape index (κ3) is 5.65. The Morgan fingerprint density at radius 3 is 2.16 bits per heavy atom. The van der Waals surface area contributed by atoms with Gasteiger partial charge in [0.05, 0.1) is 6.54 Å². The molecule has 2 aromatic rings. The zero-order valence-electron chi connectivity index (χ0n) is 18.6. The van der Waals surface area contributed by atoms with Gasteiger partial charge in [-0.25, -0.2) is 4.39 Å². The quantitative estimate of drug-likeness (QED) is 0.779. The van der Waals surface area contributed by atoms with Crippen LogP contribution in [-0.2, 0) is 9.59 Å². The van der Waals surface area contributed by atoms with E-state index in [1.807, 2.05) is 36.1 Å². The van der Waals surface area contributed by atoms with E-state index >= 15 is 0 Å². The Morgan fingerprint density at radius 1 is 0.906 bits per heavy atom. The molecule has 2 amide bonds. The highest BCUT2D eigenvalue weighted by Crippen LogP contribution is 2.22. The van der Waals surface area contributed by atoms with Crippen LogP contribution in [0.25, 0.3) is 0 Å². The van der Waals surface area contributed by atoms with Crippen LogP contribution < -0.4 is 10.2 Å². The number of hydrogen-bond acceptors (Lipinski definition) is 4. The fourth-order valence-electron chi connectivity index (χ4n) is 4.47. The summed E-state index contributed by atoms with van der Waals surface area (Å²) in [6, 6.07) is 14.3. The summed E-state index contributed by atoms with van der Waals surface area (Å²) < 4.78 is 13.1. The molecule has 7 heteroatoms. The van der Waals surface area contributed by atoms with E-state index in [9.17, 15) is 14.0 Å². The third-order valence-electron chi connectivity index (χ3n) is 6.42. The van der Waals surface area contributed by atoms with E-state index in [-0.39, 0.29) is 23.5 Å². The Hall–Kier alpha value is -2.93. The first-order valence-electron chi connectivity index (χ1n) is 11.4. The Balaban J connectivity index is 1.19. The van der Waals surface area contributed by atoms with Gasteiger partial charge in [0.15, 0.2) is 0 Å². The highest BCUT2D eigenvalue weighted by atomic mass is 19.1. The van der Waals surface area contributed by atoms with Gasteiger partial charge in [0.1, 0.15) is 5.82 Å². The van der Waals surface area contributed by atoms with Crippen molar-refractivity contribution in [3.8, 4) is 0 Å². The summed E-state index contributed by atoms with van der Waals surface area (Å²) in [5.41, 5.74) is 2.97. The number of hydrogen-bond donors (Lipinski definition) is 1. The molecule has 0 saturated carbocycles. The largest absolute Gasteiger partial charge is 0.368 e. The molecule has 0 spiro atoms. The van der Waals surface area contributed by atoms with Crippen LogP contribution >= 0.6 is 0 Å². The maximum atomic E-state index is 13.1. The second-order valence-electron chi connectivity index (χ2n) is 8.75. The zero-order chi connectivity index (χ0) is 22.5. The van der Waals surface area contributed by atoms with Gasteiger partial charge < -0.3 is 15.1 Å². The number of carbonyl (C=O) groups excluding carboxylic acids is 2. The number of piperazine rings is 1. The van der Waals surface area contributed by atoms with Crippen molar-refractivity contribution in [1.29, 1.82) is 0 Å². The Morgan fingerprint density at radius 2 is 1.53 bits per heavy atom. The molecule has 0 bridgehead atoms. The molecule has 6 nitrogen and oxygen atoms in total. The molecule has 2 aliphatic heterocycles. The number of aryl methyl sites for hydroxylation is 1. The zero-order valence-corrected chi connectivity index (χ0v) is 18.6. The molecule has 2 fully saturated rings. The Bertz CT molecular complexity index is 916. The molecule has 4 rings (SSSR count). The van der Waals surface area contributed by atoms with Crippen molar-refractivity contribution in [3.63, 3.8) is 0 Å². The molecule has 2 saturated heterocycles. The van der Waals surface area contributed by atoms with Gasteiger partial charge in [0.2, 0.25) is 11.8 Å². The molecule has 2 heterocycles. The maximum Gasteiger partial charge on any atom is 0.238 e. The molecular formula is C25H31FN4O2. The number of carbonyl (C=O) groups is 2. The summed E-state index contributed by atoms with van der Waals surface area (Å²) in [5, 5.41) is 2.94. The number of rotatable bonds is 5. The number of nitrogens with one attached hydrogen (secondary N) is 1. The molecule has 0 atom stereocenters. The van der Waals surface area contributed by atoms with Gasteiger partial charge in [0, 0.05) is 43.5 Å². The molecule has 32 heavy (non-hydrogen) atoms. The predicted molar refractivity (Wildman–Crippen MR) is 124 cm³/mol.